The number of carbonyl (C=O) groups is 1. The molecule has 0 N–H and O–H groups in total. The van der Waals surface area contributed by atoms with Gasteiger partial charge in [-0.1, -0.05) is 18.2 Å². The van der Waals surface area contributed by atoms with Gasteiger partial charge in [0.1, 0.15) is 6.10 Å². The van der Waals surface area contributed by atoms with Gasteiger partial charge in [-0.15, -0.1) is 0 Å². The summed E-state index contributed by atoms with van der Waals surface area (Å²) in [6, 6.07) is 9.50. The van der Waals surface area contributed by atoms with Gasteiger partial charge in [-0.25, -0.2) is 0 Å². The van der Waals surface area contributed by atoms with Crippen molar-refractivity contribution in [2.75, 3.05) is 19.7 Å². The lowest BCUT2D eigenvalue weighted by Crippen LogP contribution is -2.42. The van der Waals surface area contributed by atoms with Crippen molar-refractivity contribution in [3.8, 4) is 0 Å². The Balaban J connectivity index is 1.62. The van der Waals surface area contributed by atoms with Gasteiger partial charge in [-0.05, 0) is 12.1 Å². The number of morpholine rings is 1. The molecule has 0 unspecified atom stereocenters. The summed E-state index contributed by atoms with van der Waals surface area (Å²) in [5.74, 6) is -0.0310. The Bertz CT molecular complexity index is 864. The molecule has 0 spiro atoms. The first-order valence-corrected chi connectivity index (χ1v) is 7.83. The minimum atomic E-state index is -0.251. The summed E-state index contributed by atoms with van der Waals surface area (Å²) in [7, 11) is 0. The number of hydrogen-bond donors (Lipinski definition) is 0. The van der Waals surface area contributed by atoms with E-state index in [1.807, 2.05) is 30.3 Å². The Labute approximate surface area is 139 Å². The predicted molar refractivity (Wildman–Crippen MR) is 88.4 cm³/mol. The van der Waals surface area contributed by atoms with E-state index in [1.54, 1.807) is 29.7 Å². The fraction of sp³-hybridized carbons (Fsp3) is 0.222. The fourth-order valence-corrected chi connectivity index (χ4v) is 2.94. The molecule has 1 aromatic carbocycles. The number of aromatic nitrogens is 3. The minimum absolute atomic E-state index is 0.0310. The summed E-state index contributed by atoms with van der Waals surface area (Å²) in [4.78, 5) is 27.5. The van der Waals surface area contributed by atoms with Crippen LogP contribution in [0.5, 0.6) is 0 Å². The van der Waals surface area contributed by atoms with Gasteiger partial charge in [0, 0.05) is 30.5 Å². The third-order valence-electron chi connectivity index (χ3n) is 4.13. The van der Waals surface area contributed by atoms with Crippen LogP contribution in [-0.4, -0.2) is 45.5 Å². The average molecular weight is 320 g/mol. The zero-order valence-corrected chi connectivity index (χ0v) is 13.0. The average Bonchev–Trinajstić information content (AvgIpc) is 2.68. The van der Waals surface area contributed by atoms with Gasteiger partial charge < -0.3 is 9.64 Å². The molecular formula is C18H16N4O2. The van der Waals surface area contributed by atoms with Crippen molar-refractivity contribution >= 4 is 16.8 Å². The van der Waals surface area contributed by atoms with Gasteiger partial charge in [0.05, 0.1) is 36.1 Å². The lowest BCUT2D eigenvalue weighted by Gasteiger charge is -2.32. The van der Waals surface area contributed by atoms with E-state index < -0.39 is 0 Å². The number of fused-ring (bicyclic) bond motifs is 1. The molecule has 1 atom stereocenters. The summed E-state index contributed by atoms with van der Waals surface area (Å²) in [5.41, 5.74) is 2.09. The number of hydrogen-bond acceptors (Lipinski definition) is 5. The maximum Gasteiger partial charge on any atom is 0.256 e. The Kier molecular flexibility index (Phi) is 3.88. The number of benzene rings is 1. The van der Waals surface area contributed by atoms with Gasteiger partial charge in [0.25, 0.3) is 5.91 Å². The lowest BCUT2D eigenvalue weighted by atomic mass is 10.1. The molecule has 0 bridgehead atoms. The van der Waals surface area contributed by atoms with Gasteiger partial charge in [-0.3, -0.25) is 19.7 Å². The van der Waals surface area contributed by atoms with Crippen molar-refractivity contribution < 1.29 is 9.53 Å². The van der Waals surface area contributed by atoms with E-state index in [9.17, 15) is 4.79 Å². The topological polar surface area (TPSA) is 68.2 Å². The van der Waals surface area contributed by atoms with E-state index in [2.05, 4.69) is 15.0 Å². The second-order valence-electron chi connectivity index (χ2n) is 5.62. The first-order valence-electron chi connectivity index (χ1n) is 7.83. The van der Waals surface area contributed by atoms with Gasteiger partial charge in [-0.2, -0.15) is 0 Å². The van der Waals surface area contributed by atoms with E-state index in [1.165, 1.54) is 0 Å². The van der Waals surface area contributed by atoms with Gasteiger partial charge >= 0.3 is 0 Å². The van der Waals surface area contributed by atoms with Crippen molar-refractivity contribution in [3.63, 3.8) is 0 Å². The highest BCUT2D eigenvalue weighted by Gasteiger charge is 2.28. The Hall–Kier alpha value is -2.86. The standard InChI is InChI=1S/C18H16N4O2/c23-18(14-5-1-3-13-4-2-6-21-17(13)14)22-9-10-24-16(12-22)15-11-19-7-8-20-15/h1-8,11,16H,9-10,12H2/t16-/m1/s1. The van der Waals surface area contributed by atoms with E-state index in [0.717, 1.165) is 16.6 Å². The molecule has 1 amide bonds. The van der Waals surface area contributed by atoms with E-state index >= 15 is 0 Å². The first kappa shape index (κ1) is 14.7. The summed E-state index contributed by atoms with van der Waals surface area (Å²) < 4.78 is 5.76. The second kappa shape index (κ2) is 6.33. The summed E-state index contributed by atoms with van der Waals surface area (Å²) >= 11 is 0. The second-order valence-corrected chi connectivity index (χ2v) is 5.62. The molecule has 0 saturated carbocycles. The van der Waals surface area contributed by atoms with Crippen LogP contribution in [0.2, 0.25) is 0 Å². The molecular weight excluding hydrogens is 304 g/mol. The zero-order chi connectivity index (χ0) is 16.4. The number of rotatable bonds is 2. The number of ether oxygens (including phenoxy) is 1. The molecule has 1 aliphatic heterocycles. The first-order chi connectivity index (χ1) is 11.8. The van der Waals surface area contributed by atoms with Crippen LogP contribution in [0.3, 0.4) is 0 Å². The summed E-state index contributed by atoms with van der Waals surface area (Å²) in [5, 5.41) is 0.960. The lowest BCUT2D eigenvalue weighted by molar-refractivity contribution is -0.0248. The van der Waals surface area contributed by atoms with Crippen LogP contribution in [0.1, 0.15) is 22.2 Å². The molecule has 120 valence electrons. The highest BCUT2D eigenvalue weighted by Crippen LogP contribution is 2.23. The van der Waals surface area contributed by atoms with Crippen molar-refractivity contribution in [2.24, 2.45) is 0 Å². The van der Waals surface area contributed by atoms with Crippen LogP contribution in [0.4, 0.5) is 0 Å². The quantitative estimate of drug-likeness (QED) is 0.724. The van der Waals surface area contributed by atoms with E-state index in [-0.39, 0.29) is 12.0 Å². The molecule has 3 aromatic rings. The molecule has 4 rings (SSSR count). The monoisotopic (exact) mass is 320 g/mol. The van der Waals surface area contributed by atoms with E-state index in [0.29, 0.717) is 25.3 Å². The highest BCUT2D eigenvalue weighted by molar-refractivity contribution is 6.05. The molecule has 0 radical (unpaired) electrons. The number of nitrogens with zero attached hydrogens (tertiary/aromatic N) is 4. The van der Waals surface area contributed by atoms with Crippen LogP contribution in [-0.2, 0) is 4.74 Å². The van der Waals surface area contributed by atoms with Crippen LogP contribution in [0, 0.1) is 0 Å². The van der Waals surface area contributed by atoms with Crippen LogP contribution in [0.25, 0.3) is 10.9 Å². The zero-order valence-electron chi connectivity index (χ0n) is 13.0. The molecule has 2 aromatic heterocycles. The molecule has 6 nitrogen and oxygen atoms in total. The van der Waals surface area contributed by atoms with Gasteiger partial charge in [0.2, 0.25) is 0 Å². The third-order valence-corrected chi connectivity index (χ3v) is 4.13. The molecule has 24 heavy (non-hydrogen) atoms. The maximum absolute atomic E-state index is 13.0. The third kappa shape index (κ3) is 2.72. The number of carbonyl (C=O) groups excluding carboxylic acids is 1. The minimum Gasteiger partial charge on any atom is -0.368 e. The van der Waals surface area contributed by atoms with Crippen molar-refractivity contribution in [2.45, 2.75) is 6.10 Å². The molecule has 1 aliphatic rings. The maximum atomic E-state index is 13.0. The smallest absolute Gasteiger partial charge is 0.256 e. The molecule has 1 fully saturated rings. The number of para-hydroxylation sites is 1. The van der Waals surface area contributed by atoms with Crippen LogP contribution < -0.4 is 0 Å². The molecule has 6 heteroatoms. The molecule has 3 heterocycles. The summed E-state index contributed by atoms with van der Waals surface area (Å²) in [6.45, 7) is 1.49. The van der Waals surface area contributed by atoms with Crippen LogP contribution >= 0.6 is 0 Å². The van der Waals surface area contributed by atoms with Crippen LogP contribution in [0.15, 0.2) is 55.1 Å². The van der Waals surface area contributed by atoms with Gasteiger partial charge in [0.15, 0.2) is 0 Å². The Morgan fingerprint density at radius 3 is 2.92 bits per heavy atom. The fourth-order valence-electron chi connectivity index (χ4n) is 2.94. The Morgan fingerprint density at radius 1 is 1.12 bits per heavy atom. The molecule has 0 aliphatic carbocycles. The summed E-state index contributed by atoms with van der Waals surface area (Å²) in [6.07, 6.45) is 6.39. The Morgan fingerprint density at radius 2 is 2.04 bits per heavy atom. The highest BCUT2D eigenvalue weighted by atomic mass is 16.5. The SMILES string of the molecule is O=C(c1cccc2cccnc12)N1CCO[C@@H](c2cnccn2)C1. The number of pyridine rings is 1. The van der Waals surface area contributed by atoms with Crippen molar-refractivity contribution in [3.05, 3.63) is 66.4 Å². The van der Waals surface area contributed by atoms with Crippen molar-refractivity contribution in [1.29, 1.82) is 0 Å². The normalized spacial score (nSPS) is 17.8. The largest absolute Gasteiger partial charge is 0.368 e. The van der Waals surface area contributed by atoms with Crippen molar-refractivity contribution in [1.82, 2.24) is 19.9 Å². The predicted octanol–water partition coefficient (Wildman–Crippen LogP) is 2.24. The number of amides is 1. The molecule has 1 saturated heterocycles. The van der Waals surface area contributed by atoms with E-state index in [4.69, 9.17) is 4.74 Å².